The van der Waals surface area contributed by atoms with Crippen molar-refractivity contribution >= 4 is 27.3 Å². The lowest BCUT2D eigenvalue weighted by Gasteiger charge is -2.34. The largest absolute Gasteiger partial charge is 0.476 e. The summed E-state index contributed by atoms with van der Waals surface area (Å²) in [5.41, 5.74) is 1.23. The monoisotopic (exact) mass is 504 g/mol. The molecular formula is C26H24N4O5S. The van der Waals surface area contributed by atoms with E-state index in [-0.39, 0.29) is 22.9 Å². The van der Waals surface area contributed by atoms with Gasteiger partial charge in [-0.15, -0.1) is 0 Å². The van der Waals surface area contributed by atoms with Crippen LogP contribution in [0.25, 0.3) is 5.69 Å². The zero-order valence-electron chi connectivity index (χ0n) is 19.7. The molecule has 2 heterocycles. The summed E-state index contributed by atoms with van der Waals surface area (Å²) in [5.74, 6) is -0.362. The van der Waals surface area contributed by atoms with E-state index >= 15 is 0 Å². The number of fused-ring (bicyclic) bond motifs is 1. The molecule has 10 heteroatoms. The number of carbonyl (C=O) groups is 1. The maximum absolute atomic E-state index is 13.5. The van der Waals surface area contributed by atoms with E-state index in [1.807, 2.05) is 18.2 Å². The second-order valence-corrected chi connectivity index (χ2v) is 10.2. The van der Waals surface area contributed by atoms with Gasteiger partial charge in [-0.25, -0.2) is 13.1 Å². The second kappa shape index (κ2) is 9.04. The SMILES string of the molecule is Cc1c(NC(=O)C2CN(S(=O)(=O)c3ccccc3)c3ccccc3O2)c(=O)n(-c2ccccc2)n1C. The van der Waals surface area contributed by atoms with E-state index in [9.17, 15) is 18.0 Å². The van der Waals surface area contributed by atoms with Crippen LogP contribution in [0.2, 0.25) is 0 Å². The van der Waals surface area contributed by atoms with Gasteiger partial charge in [-0.2, -0.15) is 0 Å². The Morgan fingerprint density at radius 2 is 1.56 bits per heavy atom. The first-order chi connectivity index (χ1) is 17.3. The molecule has 1 amide bonds. The molecule has 36 heavy (non-hydrogen) atoms. The number of benzene rings is 3. The van der Waals surface area contributed by atoms with E-state index in [0.717, 1.165) is 0 Å². The maximum atomic E-state index is 13.5. The van der Waals surface area contributed by atoms with Crippen molar-refractivity contribution in [3.05, 3.63) is 101 Å². The molecule has 1 aliphatic heterocycles. The van der Waals surface area contributed by atoms with Gasteiger partial charge in [0.1, 0.15) is 11.4 Å². The summed E-state index contributed by atoms with van der Waals surface area (Å²) >= 11 is 0. The highest BCUT2D eigenvalue weighted by molar-refractivity contribution is 7.92. The third-order valence-electron chi connectivity index (χ3n) is 6.16. The van der Waals surface area contributed by atoms with Crippen LogP contribution in [-0.4, -0.2) is 36.3 Å². The minimum atomic E-state index is -3.97. The van der Waals surface area contributed by atoms with Crippen molar-refractivity contribution < 1.29 is 17.9 Å². The number of para-hydroxylation sites is 3. The molecule has 184 valence electrons. The van der Waals surface area contributed by atoms with Gasteiger partial charge in [0.05, 0.1) is 28.5 Å². The van der Waals surface area contributed by atoms with Crippen molar-refractivity contribution in [1.29, 1.82) is 0 Å². The summed E-state index contributed by atoms with van der Waals surface area (Å²) in [6, 6.07) is 23.7. The van der Waals surface area contributed by atoms with Crippen molar-refractivity contribution in [3.8, 4) is 11.4 Å². The summed E-state index contributed by atoms with van der Waals surface area (Å²) in [7, 11) is -2.24. The summed E-state index contributed by atoms with van der Waals surface area (Å²) < 4.78 is 37.1. The fraction of sp³-hybridized carbons (Fsp3) is 0.154. The van der Waals surface area contributed by atoms with Gasteiger partial charge in [0, 0.05) is 7.05 Å². The molecule has 3 aromatic carbocycles. The molecular weight excluding hydrogens is 480 g/mol. The molecule has 0 radical (unpaired) electrons. The predicted octanol–water partition coefficient (Wildman–Crippen LogP) is 3.08. The van der Waals surface area contributed by atoms with Crippen molar-refractivity contribution in [3.63, 3.8) is 0 Å². The summed E-state index contributed by atoms with van der Waals surface area (Å²) in [4.78, 5) is 26.7. The number of nitrogens with zero attached hydrogens (tertiary/aromatic N) is 3. The lowest BCUT2D eigenvalue weighted by Crippen LogP contribution is -2.49. The van der Waals surface area contributed by atoms with E-state index in [1.165, 1.54) is 21.1 Å². The Labute approximate surface area is 208 Å². The van der Waals surface area contributed by atoms with Gasteiger partial charge in [0.25, 0.3) is 21.5 Å². The molecule has 4 aromatic rings. The van der Waals surface area contributed by atoms with Crippen molar-refractivity contribution in [2.75, 3.05) is 16.2 Å². The fourth-order valence-electron chi connectivity index (χ4n) is 4.20. The van der Waals surface area contributed by atoms with E-state index < -0.39 is 27.6 Å². The first-order valence-corrected chi connectivity index (χ1v) is 12.7. The molecule has 1 unspecified atom stereocenters. The topological polar surface area (TPSA) is 103 Å². The number of ether oxygens (including phenoxy) is 1. The lowest BCUT2D eigenvalue weighted by molar-refractivity contribution is -0.122. The van der Waals surface area contributed by atoms with Crippen molar-refractivity contribution in [2.45, 2.75) is 17.9 Å². The average Bonchev–Trinajstić information content (AvgIpc) is 3.11. The summed E-state index contributed by atoms with van der Waals surface area (Å²) in [6.45, 7) is 1.47. The first-order valence-electron chi connectivity index (χ1n) is 11.3. The lowest BCUT2D eigenvalue weighted by atomic mass is 10.2. The maximum Gasteiger partial charge on any atom is 0.295 e. The molecule has 1 N–H and O–H groups in total. The average molecular weight is 505 g/mol. The number of anilines is 2. The van der Waals surface area contributed by atoms with Crippen LogP contribution in [0.3, 0.4) is 0 Å². The Morgan fingerprint density at radius 3 is 2.25 bits per heavy atom. The molecule has 0 fully saturated rings. The number of nitrogens with one attached hydrogen (secondary N) is 1. The van der Waals surface area contributed by atoms with Gasteiger partial charge in [-0.05, 0) is 43.3 Å². The van der Waals surface area contributed by atoms with E-state index in [1.54, 1.807) is 73.3 Å². The second-order valence-electron chi connectivity index (χ2n) is 8.35. The van der Waals surface area contributed by atoms with E-state index in [2.05, 4.69) is 5.32 Å². The molecule has 1 aliphatic rings. The van der Waals surface area contributed by atoms with E-state index in [4.69, 9.17) is 4.74 Å². The molecule has 0 bridgehead atoms. The number of sulfonamides is 1. The van der Waals surface area contributed by atoms with Crippen molar-refractivity contribution in [2.24, 2.45) is 7.05 Å². The Hall–Kier alpha value is -4.31. The zero-order chi connectivity index (χ0) is 25.4. The Bertz CT molecular complexity index is 1590. The highest BCUT2D eigenvalue weighted by atomic mass is 32.2. The molecule has 0 aliphatic carbocycles. The van der Waals surface area contributed by atoms with Gasteiger partial charge in [-0.3, -0.25) is 18.6 Å². The molecule has 0 saturated carbocycles. The highest BCUT2D eigenvalue weighted by Gasteiger charge is 2.38. The Kier molecular flexibility index (Phi) is 5.89. The van der Waals surface area contributed by atoms with E-state index in [0.29, 0.717) is 17.1 Å². The van der Waals surface area contributed by atoms with Gasteiger partial charge in [-0.1, -0.05) is 48.5 Å². The molecule has 1 aromatic heterocycles. The molecule has 1 atom stereocenters. The van der Waals surface area contributed by atoms with Gasteiger partial charge < -0.3 is 10.1 Å². The Morgan fingerprint density at radius 1 is 0.944 bits per heavy atom. The van der Waals surface area contributed by atoms with Crippen LogP contribution in [0.5, 0.6) is 5.75 Å². The van der Waals surface area contributed by atoms with Crippen LogP contribution < -0.4 is 19.9 Å². The first kappa shape index (κ1) is 23.4. The van der Waals surface area contributed by atoms with Gasteiger partial charge >= 0.3 is 0 Å². The van der Waals surface area contributed by atoms with Crippen LogP contribution in [0.1, 0.15) is 5.69 Å². The third kappa shape index (κ3) is 3.95. The molecule has 0 spiro atoms. The Balaban J connectivity index is 1.48. The molecule has 5 rings (SSSR count). The number of amides is 1. The smallest absolute Gasteiger partial charge is 0.295 e. The third-order valence-corrected chi connectivity index (χ3v) is 7.95. The zero-order valence-corrected chi connectivity index (χ0v) is 20.5. The van der Waals surface area contributed by atoms with Crippen LogP contribution in [0.4, 0.5) is 11.4 Å². The van der Waals surface area contributed by atoms with Crippen LogP contribution >= 0.6 is 0 Å². The van der Waals surface area contributed by atoms with Gasteiger partial charge in [0.2, 0.25) is 0 Å². The predicted molar refractivity (Wildman–Crippen MR) is 136 cm³/mol. The van der Waals surface area contributed by atoms with Crippen LogP contribution in [0, 0.1) is 6.92 Å². The van der Waals surface area contributed by atoms with Crippen molar-refractivity contribution in [1.82, 2.24) is 9.36 Å². The number of rotatable bonds is 5. The fourth-order valence-corrected chi connectivity index (χ4v) is 5.70. The quantitative estimate of drug-likeness (QED) is 0.450. The molecule has 9 nitrogen and oxygen atoms in total. The number of hydrogen-bond donors (Lipinski definition) is 1. The standard InChI is InChI=1S/C26H24N4O5S/c1-18-24(26(32)30(28(18)2)19-11-5-3-6-12-19)27-25(31)23-17-29(21-15-9-10-16-22(21)35-23)36(33,34)20-13-7-4-8-14-20/h3-16,23H,17H2,1-2H3,(H,27,31). The number of aromatic nitrogens is 2. The van der Waals surface area contributed by atoms with Crippen LogP contribution in [-0.2, 0) is 21.9 Å². The number of hydrogen-bond acceptors (Lipinski definition) is 5. The highest BCUT2D eigenvalue weighted by Crippen LogP contribution is 2.37. The summed E-state index contributed by atoms with van der Waals surface area (Å²) in [5, 5.41) is 2.68. The minimum absolute atomic E-state index is 0.102. The van der Waals surface area contributed by atoms with Gasteiger partial charge in [0.15, 0.2) is 6.10 Å². The normalized spacial score (nSPS) is 15.2. The molecule has 0 saturated heterocycles. The minimum Gasteiger partial charge on any atom is -0.476 e. The summed E-state index contributed by atoms with van der Waals surface area (Å²) in [6.07, 6.45) is -1.18. The number of carbonyl (C=O) groups excluding carboxylic acids is 1. The van der Waals surface area contributed by atoms with Crippen LogP contribution in [0.15, 0.2) is 94.6 Å².